The number of hydrogen-bond donors (Lipinski definition) is 0. The zero-order chi connectivity index (χ0) is 28.6. The first-order valence-corrected chi connectivity index (χ1v) is 12.9. The Morgan fingerprint density at radius 1 is 0.725 bits per heavy atom. The van der Waals surface area contributed by atoms with Crippen LogP contribution in [-0.2, 0) is 0 Å². The van der Waals surface area contributed by atoms with Gasteiger partial charge >= 0.3 is 0 Å². The van der Waals surface area contributed by atoms with E-state index in [4.69, 9.17) is 54.0 Å². The summed E-state index contributed by atoms with van der Waals surface area (Å²) in [4.78, 5) is 20.6. The standard InChI is InChI=1S/C30H20Cl3FN2O4/c1-38-28-15(14-37)12-21(31)27-20(28)10-11-23(35-27)18-8-4-6-16(25(18)32)17-7-5-9-19(26(17)33)24-13-22(34)29(39-2)30(36-24)40-3/h4-14H,1-3H3. The van der Waals surface area contributed by atoms with Crippen molar-refractivity contribution >= 4 is 52.0 Å². The molecule has 0 aliphatic carbocycles. The van der Waals surface area contributed by atoms with Gasteiger partial charge in [-0.25, -0.2) is 14.4 Å². The number of carbonyl (C=O) groups excluding carboxylic acids is 1. The van der Waals surface area contributed by atoms with Gasteiger partial charge in [0.2, 0.25) is 5.75 Å². The SMILES string of the molecule is COc1nc(-c2cccc(-c3cccc(-c4ccc5c(OC)c(C=O)cc(Cl)c5n4)c3Cl)c2Cl)cc(F)c1OC. The molecule has 5 rings (SSSR count). The number of fused-ring (bicyclic) bond motifs is 1. The Morgan fingerprint density at radius 3 is 1.90 bits per heavy atom. The van der Waals surface area contributed by atoms with Gasteiger partial charge in [0.05, 0.1) is 58.9 Å². The number of nitrogens with zero attached hydrogens (tertiary/aromatic N) is 2. The van der Waals surface area contributed by atoms with Crippen molar-refractivity contribution in [3.8, 4) is 51.0 Å². The van der Waals surface area contributed by atoms with Crippen LogP contribution in [0.3, 0.4) is 0 Å². The lowest BCUT2D eigenvalue weighted by atomic mass is 9.98. The van der Waals surface area contributed by atoms with Crippen LogP contribution in [0, 0.1) is 5.82 Å². The Balaban J connectivity index is 1.64. The van der Waals surface area contributed by atoms with E-state index in [0.29, 0.717) is 71.5 Å². The van der Waals surface area contributed by atoms with Crippen LogP contribution in [0.1, 0.15) is 10.4 Å². The number of ether oxygens (including phenoxy) is 3. The molecule has 0 N–H and O–H groups in total. The highest BCUT2D eigenvalue weighted by atomic mass is 35.5. The topological polar surface area (TPSA) is 70.5 Å². The van der Waals surface area contributed by atoms with Gasteiger partial charge in [0.1, 0.15) is 5.75 Å². The molecule has 2 aromatic heterocycles. The molecule has 0 spiro atoms. The molecule has 0 unspecified atom stereocenters. The molecule has 0 radical (unpaired) electrons. The summed E-state index contributed by atoms with van der Waals surface area (Å²) in [6, 6.07) is 17.1. The molecule has 10 heteroatoms. The van der Waals surface area contributed by atoms with Gasteiger partial charge < -0.3 is 14.2 Å². The second-order valence-electron chi connectivity index (χ2n) is 8.56. The molecule has 2 heterocycles. The van der Waals surface area contributed by atoms with E-state index in [1.807, 2.05) is 24.3 Å². The predicted octanol–water partition coefficient (Wildman–Crippen LogP) is 8.57. The Labute approximate surface area is 244 Å². The summed E-state index contributed by atoms with van der Waals surface area (Å²) in [5.74, 6) is -0.352. The fourth-order valence-electron chi connectivity index (χ4n) is 4.53. The van der Waals surface area contributed by atoms with Gasteiger partial charge in [-0.05, 0) is 18.2 Å². The van der Waals surface area contributed by atoms with Gasteiger partial charge in [0, 0.05) is 33.7 Å². The van der Waals surface area contributed by atoms with Crippen molar-refractivity contribution in [2.45, 2.75) is 0 Å². The maximum atomic E-state index is 14.7. The lowest BCUT2D eigenvalue weighted by Gasteiger charge is -2.15. The van der Waals surface area contributed by atoms with Gasteiger partial charge in [0.25, 0.3) is 5.88 Å². The summed E-state index contributed by atoms with van der Waals surface area (Å²) in [6.45, 7) is 0. The van der Waals surface area contributed by atoms with Crippen LogP contribution in [0.2, 0.25) is 15.1 Å². The number of benzene rings is 3. The van der Waals surface area contributed by atoms with E-state index in [1.165, 1.54) is 33.5 Å². The maximum Gasteiger partial charge on any atom is 0.260 e. The first kappa shape index (κ1) is 27.6. The van der Waals surface area contributed by atoms with Crippen LogP contribution in [-0.4, -0.2) is 37.6 Å². The molecule has 40 heavy (non-hydrogen) atoms. The predicted molar refractivity (Wildman–Crippen MR) is 156 cm³/mol. The van der Waals surface area contributed by atoms with E-state index in [1.54, 1.807) is 24.3 Å². The van der Waals surface area contributed by atoms with E-state index < -0.39 is 5.82 Å². The third kappa shape index (κ3) is 4.70. The van der Waals surface area contributed by atoms with E-state index >= 15 is 0 Å². The fraction of sp³-hybridized carbons (Fsp3) is 0.100. The number of methoxy groups -OCH3 is 3. The highest BCUT2D eigenvalue weighted by Crippen LogP contribution is 2.43. The smallest absolute Gasteiger partial charge is 0.260 e. The minimum atomic E-state index is -0.635. The van der Waals surface area contributed by atoms with Gasteiger partial charge in [-0.3, -0.25) is 4.79 Å². The van der Waals surface area contributed by atoms with E-state index in [0.717, 1.165) is 0 Å². The van der Waals surface area contributed by atoms with E-state index in [-0.39, 0.29) is 17.3 Å². The molecule has 0 saturated carbocycles. The summed E-state index contributed by atoms with van der Waals surface area (Å²) in [5, 5.41) is 1.62. The zero-order valence-corrected chi connectivity index (χ0v) is 23.7. The molecular formula is C30H20Cl3FN2O4. The minimum absolute atomic E-state index is 0.00284. The molecule has 5 aromatic rings. The van der Waals surface area contributed by atoms with Crippen molar-refractivity contribution in [1.82, 2.24) is 9.97 Å². The molecule has 0 aliphatic rings. The lowest BCUT2D eigenvalue weighted by Crippen LogP contribution is -1.99. The number of hydrogen-bond acceptors (Lipinski definition) is 6. The first-order chi connectivity index (χ1) is 19.3. The maximum absolute atomic E-state index is 14.7. The summed E-state index contributed by atoms with van der Waals surface area (Å²) >= 11 is 20.3. The van der Waals surface area contributed by atoms with Crippen molar-refractivity contribution in [3.05, 3.63) is 87.1 Å². The van der Waals surface area contributed by atoms with Crippen LogP contribution in [0.5, 0.6) is 17.4 Å². The fourth-order valence-corrected chi connectivity index (χ4v) is 5.44. The van der Waals surface area contributed by atoms with Crippen LogP contribution < -0.4 is 14.2 Å². The zero-order valence-electron chi connectivity index (χ0n) is 21.4. The number of rotatable bonds is 7. The summed E-state index contributed by atoms with van der Waals surface area (Å²) < 4.78 is 30.4. The minimum Gasteiger partial charge on any atom is -0.495 e. The molecule has 6 nitrogen and oxygen atoms in total. The molecule has 3 aromatic carbocycles. The van der Waals surface area contributed by atoms with E-state index in [2.05, 4.69) is 4.98 Å². The van der Waals surface area contributed by atoms with Crippen molar-refractivity contribution in [1.29, 1.82) is 0 Å². The van der Waals surface area contributed by atoms with Gasteiger partial charge in [-0.1, -0.05) is 71.2 Å². The van der Waals surface area contributed by atoms with E-state index in [9.17, 15) is 9.18 Å². The van der Waals surface area contributed by atoms with Crippen molar-refractivity contribution in [2.75, 3.05) is 21.3 Å². The lowest BCUT2D eigenvalue weighted by molar-refractivity contribution is 0.112. The summed E-state index contributed by atoms with van der Waals surface area (Å²) in [5.41, 5.74) is 3.97. The summed E-state index contributed by atoms with van der Waals surface area (Å²) in [6.07, 6.45) is 0.683. The molecular weight excluding hydrogens is 578 g/mol. The van der Waals surface area contributed by atoms with Crippen LogP contribution in [0.25, 0.3) is 44.5 Å². The second-order valence-corrected chi connectivity index (χ2v) is 9.72. The molecule has 0 amide bonds. The molecule has 202 valence electrons. The Kier molecular flexibility index (Phi) is 7.81. The Morgan fingerprint density at radius 2 is 1.32 bits per heavy atom. The van der Waals surface area contributed by atoms with Crippen LogP contribution in [0.4, 0.5) is 4.39 Å². The number of halogens is 4. The molecule has 0 aliphatic heterocycles. The normalized spacial score (nSPS) is 11.0. The number of pyridine rings is 2. The quantitative estimate of drug-likeness (QED) is 0.175. The van der Waals surface area contributed by atoms with Crippen LogP contribution in [0.15, 0.2) is 60.7 Å². The third-order valence-corrected chi connectivity index (χ3v) is 7.48. The molecule has 0 fully saturated rings. The average Bonchev–Trinajstić information content (AvgIpc) is 2.97. The van der Waals surface area contributed by atoms with Gasteiger partial charge in [-0.2, -0.15) is 0 Å². The van der Waals surface area contributed by atoms with Crippen LogP contribution >= 0.6 is 34.8 Å². The van der Waals surface area contributed by atoms with Gasteiger partial charge in [0.15, 0.2) is 12.1 Å². The summed E-state index contributed by atoms with van der Waals surface area (Å²) in [7, 11) is 4.19. The highest BCUT2D eigenvalue weighted by molar-refractivity contribution is 6.39. The second kappa shape index (κ2) is 11.3. The number of carbonyl (C=O) groups is 1. The average molecular weight is 598 g/mol. The van der Waals surface area contributed by atoms with Crippen molar-refractivity contribution in [2.24, 2.45) is 0 Å². The Bertz CT molecular complexity index is 1800. The largest absolute Gasteiger partial charge is 0.495 e. The number of aromatic nitrogens is 2. The van der Waals surface area contributed by atoms with Gasteiger partial charge in [-0.15, -0.1) is 0 Å². The first-order valence-electron chi connectivity index (χ1n) is 11.8. The van der Waals surface area contributed by atoms with Crippen molar-refractivity contribution in [3.63, 3.8) is 0 Å². The monoisotopic (exact) mass is 596 g/mol. The molecule has 0 atom stereocenters. The van der Waals surface area contributed by atoms with Crippen molar-refractivity contribution < 1.29 is 23.4 Å². The Hall–Kier alpha value is -3.91. The molecule has 0 saturated heterocycles. The third-order valence-electron chi connectivity index (χ3n) is 6.38. The number of aldehydes is 1. The highest BCUT2D eigenvalue weighted by Gasteiger charge is 2.21. The molecule has 0 bridgehead atoms.